The maximum absolute atomic E-state index is 12.2. The Hall–Kier alpha value is -1.68. The van der Waals surface area contributed by atoms with Gasteiger partial charge in [0, 0.05) is 5.92 Å². The van der Waals surface area contributed by atoms with E-state index < -0.39 is 51.5 Å². The Morgan fingerprint density at radius 1 is 1.33 bits per heavy atom. The number of unbranched alkanes of at least 4 members (excludes halogenated alkanes) is 1. The Morgan fingerprint density at radius 3 is 2.50 bits per heavy atom. The molecular weight excluding hydrogens is 340 g/mol. The topological polar surface area (TPSA) is 153 Å². The molecule has 1 rings (SSSR count). The first-order valence-corrected chi connectivity index (χ1v) is 9.37. The zero-order valence-electron chi connectivity index (χ0n) is 13.6. The highest BCUT2D eigenvalue weighted by atomic mass is 32.2. The van der Waals surface area contributed by atoms with Gasteiger partial charge in [0.2, 0.25) is 11.8 Å². The first kappa shape index (κ1) is 20.4. The van der Waals surface area contributed by atoms with Gasteiger partial charge in [-0.1, -0.05) is 13.3 Å². The lowest BCUT2D eigenvalue weighted by Crippen LogP contribution is -2.46. The predicted molar refractivity (Wildman–Crippen MR) is 84.3 cm³/mol. The van der Waals surface area contributed by atoms with Crippen molar-refractivity contribution in [3.05, 3.63) is 0 Å². The fraction of sp³-hybridized carbons (Fsp3) is 0.786. The number of hydrogen-bond donors (Lipinski definition) is 3. The number of amides is 2. The molecule has 2 amide bonds. The summed E-state index contributed by atoms with van der Waals surface area (Å²) in [7, 11) is -4.19. The molecule has 10 heteroatoms. The summed E-state index contributed by atoms with van der Waals surface area (Å²) in [5, 5.41) is 1.41. The Labute approximate surface area is 141 Å². The number of carbonyl (C=O) groups is 3. The number of ether oxygens (including phenoxy) is 1. The minimum Gasteiger partial charge on any atom is -0.464 e. The summed E-state index contributed by atoms with van der Waals surface area (Å²) in [6, 6.07) is -1.20. The number of primary amides is 1. The molecule has 0 aromatic heterocycles. The molecule has 0 aromatic rings. The van der Waals surface area contributed by atoms with Crippen LogP contribution in [0.15, 0.2) is 0 Å². The summed E-state index contributed by atoms with van der Waals surface area (Å²) in [5.74, 6) is -2.73. The van der Waals surface area contributed by atoms with Crippen LogP contribution in [-0.4, -0.2) is 48.7 Å². The van der Waals surface area contributed by atoms with E-state index in [2.05, 4.69) is 5.32 Å². The molecule has 1 fully saturated rings. The van der Waals surface area contributed by atoms with Gasteiger partial charge in [-0.2, -0.15) is 8.42 Å². The van der Waals surface area contributed by atoms with Crippen molar-refractivity contribution in [2.24, 2.45) is 11.7 Å². The molecule has 24 heavy (non-hydrogen) atoms. The Kier molecular flexibility index (Phi) is 7.61. The van der Waals surface area contributed by atoms with Crippen LogP contribution in [0.3, 0.4) is 0 Å². The minimum absolute atomic E-state index is 0.0289. The lowest BCUT2D eigenvalue weighted by atomic mass is 10.1. The predicted octanol–water partition coefficient (Wildman–Crippen LogP) is -0.254. The van der Waals surface area contributed by atoms with Crippen LogP contribution in [0.1, 0.15) is 45.4 Å². The lowest BCUT2D eigenvalue weighted by molar-refractivity contribution is -0.149. The molecule has 138 valence electrons. The van der Waals surface area contributed by atoms with Crippen molar-refractivity contribution >= 4 is 27.9 Å². The number of rotatable bonds is 9. The molecule has 0 bridgehead atoms. The van der Waals surface area contributed by atoms with Crippen LogP contribution in [-0.2, 0) is 29.2 Å². The summed E-state index contributed by atoms with van der Waals surface area (Å²) in [6.45, 7) is 2.09. The Bertz CT molecular complexity index is 576. The number of carbonyl (C=O) groups excluding carboxylic acids is 3. The summed E-state index contributed by atoms with van der Waals surface area (Å²) in [4.78, 5) is 35.2. The fourth-order valence-corrected chi connectivity index (χ4v) is 3.46. The molecule has 0 aromatic carbocycles. The molecule has 0 aliphatic heterocycles. The molecule has 4 N–H and O–H groups in total. The highest BCUT2D eigenvalue weighted by Crippen LogP contribution is 2.30. The lowest BCUT2D eigenvalue weighted by Gasteiger charge is -2.18. The minimum atomic E-state index is -4.19. The number of nitrogens with two attached hydrogens (primary N) is 1. The molecule has 0 saturated heterocycles. The molecule has 0 radical (unpaired) electrons. The van der Waals surface area contributed by atoms with Crippen LogP contribution in [0.4, 0.5) is 0 Å². The smallest absolute Gasteiger partial charge is 0.329 e. The monoisotopic (exact) mass is 364 g/mol. The zero-order valence-corrected chi connectivity index (χ0v) is 14.4. The number of hydrogen-bond acceptors (Lipinski definition) is 6. The van der Waals surface area contributed by atoms with Gasteiger partial charge in [-0.3, -0.25) is 14.1 Å². The summed E-state index contributed by atoms with van der Waals surface area (Å²) < 4.78 is 36.2. The number of nitrogens with one attached hydrogen (secondary N) is 1. The van der Waals surface area contributed by atoms with E-state index in [9.17, 15) is 22.8 Å². The average molecular weight is 364 g/mol. The van der Waals surface area contributed by atoms with Crippen molar-refractivity contribution in [3.8, 4) is 0 Å². The van der Waals surface area contributed by atoms with E-state index in [1.807, 2.05) is 6.92 Å². The van der Waals surface area contributed by atoms with Crippen molar-refractivity contribution in [3.63, 3.8) is 0 Å². The Balaban J connectivity index is 2.64. The van der Waals surface area contributed by atoms with Crippen LogP contribution in [0.2, 0.25) is 0 Å². The van der Waals surface area contributed by atoms with Gasteiger partial charge in [-0.15, -0.1) is 0 Å². The van der Waals surface area contributed by atoms with E-state index >= 15 is 0 Å². The van der Waals surface area contributed by atoms with E-state index in [1.54, 1.807) is 0 Å². The first-order chi connectivity index (χ1) is 11.1. The Morgan fingerprint density at radius 2 is 2.00 bits per heavy atom. The molecule has 1 aliphatic carbocycles. The highest BCUT2D eigenvalue weighted by molar-refractivity contribution is 7.86. The molecule has 3 atom stereocenters. The van der Waals surface area contributed by atoms with E-state index in [0.717, 1.165) is 6.42 Å². The summed E-state index contributed by atoms with van der Waals surface area (Å²) in [6.07, 6.45) is 1.48. The van der Waals surface area contributed by atoms with E-state index in [4.69, 9.17) is 15.0 Å². The van der Waals surface area contributed by atoms with Crippen LogP contribution in [0.5, 0.6) is 0 Å². The van der Waals surface area contributed by atoms with Crippen LogP contribution in [0.25, 0.3) is 0 Å². The maximum Gasteiger partial charge on any atom is 0.329 e. The van der Waals surface area contributed by atoms with Crippen molar-refractivity contribution in [2.75, 3.05) is 6.61 Å². The molecule has 2 unspecified atom stereocenters. The second-order valence-electron chi connectivity index (χ2n) is 5.90. The largest absolute Gasteiger partial charge is 0.464 e. The van der Waals surface area contributed by atoms with Crippen LogP contribution >= 0.6 is 0 Å². The molecule has 1 saturated carbocycles. The van der Waals surface area contributed by atoms with Gasteiger partial charge in [0.05, 0.1) is 18.3 Å². The normalized spacial score (nSPS) is 21.9. The van der Waals surface area contributed by atoms with Crippen LogP contribution < -0.4 is 11.1 Å². The van der Waals surface area contributed by atoms with E-state index in [-0.39, 0.29) is 25.9 Å². The van der Waals surface area contributed by atoms with Gasteiger partial charge in [0.1, 0.15) is 6.04 Å². The molecule has 0 spiro atoms. The van der Waals surface area contributed by atoms with E-state index in [1.165, 1.54) is 0 Å². The standard InChI is InChI=1S/C14H24N2O7S/c1-2-3-6-23-14(19)11(8-12(15)17)16-13(18)9-4-5-10(7-9)24(20,21)22/h9-11H,2-8H2,1H3,(H2,15,17)(H,16,18)(H,20,21,22)/t9?,10?,11-/m0/s1. The van der Waals surface area contributed by atoms with Gasteiger partial charge in [-0.05, 0) is 25.7 Å². The van der Waals surface area contributed by atoms with E-state index in [0.29, 0.717) is 6.42 Å². The van der Waals surface area contributed by atoms with Gasteiger partial charge < -0.3 is 15.8 Å². The molecule has 9 nitrogen and oxygen atoms in total. The van der Waals surface area contributed by atoms with Crippen LogP contribution in [0, 0.1) is 5.92 Å². The first-order valence-electron chi connectivity index (χ1n) is 7.86. The third kappa shape index (κ3) is 6.44. The SMILES string of the molecule is CCCCOC(=O)[C@H](CC(N)=O)NC(=O)C1CCC(S(=O)(=O)O)C1. The molecule has 0 heterocycles. The molecule has 1 aliphatic rings. The molecular formula is C14H24N2O7S. The second-order valence-corrected chi connectivity index (χ2v) is 7.60. The zero-order chi connectivity index (χ0) is 18.3. The van der Waals surface area contributed by atoms with Gasteiger partial charge >= 0.3 is 5.97 Å². The van der Waals surface area contributed by atoms with Crippen molar-refractivity contribution in [1.29, 1.82) is 0 Å². The maximum atomic E-state index is 12.2. The second kappa shape index (κ2) is 8.97. The van der Waals surface area contributed by atoms with Gasteiger partial charge in [0.15, 0.2) is 0 Å². The van der Waals surface area contributed by atoms with Crippen molar-refractivity contribution in [1.82, 2.24) is 5.32 Å². The van der Waals surface area contributed by atoms with Crippen molar-refractivity contribution < 1.29 is 32.1 Å². The fourth-order valence-electron chi connectivity index (χ4n) is 2.55. The van der Waals surface area contributed by atoms with Crippen molar-refractivity contribution in [2.45, 2.75) is 56.7 Å². The van der Waals surface area contributed by atoms with Gasteiger partial charge in [-0.25, -0.2) is 4.79 Å². The number of esters is 1. The quantitative estimate of drug-likeness (QED) is 0.289. The summed E-state index contributed by atoms with van der Waals surface area (Å²) in [5.41, 5.74) is 5.08. The third-order valence-electron chi connectivity index (χ3n) is 3.93. The average Bonchev–Trinajstić information content (AvgIpc) is 2.96. The highest BCUT2D eigenvalue weighted by Gasteiger charge is 2.38. The third-order valence-corrected chi connectivity index (χ3v) is 5.20. The van der Waals surface area contributed by atoms with Gasteiger partial charge in [0.25, 0.3) is 10.1 Å². The summed E-state index contributed by atoms with van der Waals surface area (Å²) >= 11 is 0.